The molecule has 1 fully saturated rings. The second-order valence-corrected chi connectivity index (χ2v) is 8.17. The first-order chi connectivity index (χ1) is 15.6. The Balaban J connectivity index is 1.46. The van der Waals surface area contributed by atoms with E-state index in [4.69, 9.17) is 0 Å². The molecule has 1 aliphatic heterocycles. The number of likely N-dealkylation sites (tertiary alicyclic amines) is 1. The summed E-state index contributed by atoms with van der Waals surface area (Å²) in [5.41, 5.74) is 1.40. The van der Waals surface area contributed by atoms with Gasteiger partial charge in [-0.25, -0.2) is 4.39 Å². The largest absolute Gasteiger partial charge is 0.357 e. The van der Waals surface area contributed by atoms with Crippen molar-refractivity contribution in [3.05, 3.63) is 71.5 Å². The molecular formula is C25H34FN5O. The molecule has 0 aliphatic carbocycles. The number of nitrogens with zero attached hydrogens (tertiary/aromatic N) is 2. The van der Waals surface area contributed by atoms with Gasteiger partial charge in [0.05, 0.1) is 12.1 Å². The van der Waals surface area contributed by atoms with Crippen molar-refractivity contribution in [2.45, 2.75) is 45.3 Å². The molecule has 1 saturated heterocycles. The van der Waals surface area contributed by atoms with Crippen molar-refractivity contribution >= 4 is 11.9 Å². The molecule has 0 spiro atoms. The third-order valence-electron chi connectivity index (χ3n) is 5.71. The van der Waals surface area contributed by atoms with Crippen molar-refractivity contribution in [1.82, 2.24) is 20.9 Å². The minimum absolute atomic E-state index is 0.0535. The first-order valence-electron chi connectivity index (χ1n) is 11.4. The van der Waals surface area contributed by atoms with E-state index in [0.717, 1.165) is 38.4 Å². The molecule has 2 aromatic carbocycles. The zero-order chi connectivity index (χ0) is 22.8. The Morgan fingerprint density at radius 3 is 2.59 bits per heavy atom. The van der Waals surface area contributed by atoms with Crippen LogP contribution in [0.2, 0.25) is 0 Å². The van der Waals surface area contributed by atoms with Gasteiger partial charge in [-0.15, -0.1) is 0 Å². The topological polar surface area (TPSA) is 68.8 Å². The van der Waals surface area contributed by atoms with Crippen LogP contribution in [0.5, 0.6) is 0 Å². The molecule has 3 rings (SSSR count). The molecule has 1 heterocycles. The van der Waals surface area contributed by atoms with Gasteiger partial charge in [-0.05, 0) is 44.4 Å². The van der Waals surface area contributed by atoms with Crippen molar-refractivity contribution in [1.29, 1.82) is 0 Å². The number of amides is 1. The number of piperidine rings is 1. The first-order valence-corrected chi connectivity index (χ1v) is 11.4. The minimum atomic E-state index is -0.517. The van der Waals surface area contributed by atoms with E-state index in [0.29, 0.717) is 25.2 Å². The second-order valence-electron chi connectivity index (χ2n) is 8.17. The molecule has 0 aromatic heterocycles. The quantitative estimate of drug-likeness (QED) is 0.336. The number of rotatable bonds is 8. The molecule has 1 amide bonds. The highest BCUT2D eigenvalue weighted by Gasteiger charge is 2.26. The summed E-state index contributed by atoms with van der Waals surface area (Å²) in [7, 11) is 0. The van der Waals surface area contributed by atoms with E-state index in [1.807, 2.05) is 6.92 Å². The van der Waals surface area contributed by atoms with E-state index in [9.17, 15) is 9.18 Å². The van der Waals surface area contributed by atoms with Gasteiger partial charge in [0.25, 0.3) is 5.91 Å². The maximum absolute atomic E-state index is 13.7. The van der Waals surface area contributed by atoms with Crippen molar-refractivity contribution in [2.24, 2.45) is 4.99 Å². The van der Waals surface area contributed by atoms with E-state index < -0.39 is 11.7 Å². The molecular weight excluding hydrogens is 405 g/mol. The molecule has 0 saturated carbocycles. The van der Waals surface area contributed by atoms with Gasteiger partial charge in [-0.3, -0.25) is 14.7 Å². The summed E-state index contributed by atoms with van der Waals surface area (Å²) in [5, 5.41) is 9.55. The third-order valence-corrected chi connectivity index (χ3v) is 5.71. The fourth-order valence-electron chi connectivity index (χ4n) is 4.00. The van der Waals surface area contributed by atoms with Crippen LogP contribution in [0.3, 0.4) is 0 Å². The number of carbonyl (C=O) groups excluding carboxylic acids is 1. The van der Waals surface area contributed by atoms with Crippen LogP contribution in [0.4, 0.5) is 4.39 Å². The second kappa shape index (κ2) is 12.2. The fourth-order valence-corrected chi connectivity index (χ4v) is 4.00. The summed E-state index contributed by atoms with van der Waals surface area (Å²) >= 11 is 0. The maximum atomic E-state index is 13.7. The normalized spacial score (nSPS) is 19.4. The van der Waals surface area contributed by atoms with Gasteiger partial charge in [0.15, 0.2) is 5.96 Å². The Kier molecular flexibility index (Phi) is 9.04. The van der Waals surface area contributed by atoms with E-state index in [2.05, 4.69) is 63.1 Å². The van der Waals surface area contributed by atoms with Crippen LogP contribution in [0.25, 0.3) is 0 Å². The monoisotopic (exact) mass is 439 g/mol. The van der Waals surface area contributed by atoms with E-state index >= 15 is 0 Å². The molecule has 7 heteroatoms. The number of halogens is 1. The van der Waals surface area contributed by atoms with Crippen LogP contribution in [0, 0.1) is 5.82 Å². The van der Waals surface area contributed by atoms with Crippen LogP contribution in [-0.2, 0) is 6.54 Å². The number of aliphatic imine (C=N–C) groups is 1. The predicted octanol–water partition coefficient (Wildman–Crippen LogP) is 3.16. The van der Waals surface area contributed by atoms with Gasteiger partial charge in [-0.2, -0.15) is 0 Å². The highest BCUT2D eigenvalue weighted by atomic mass is 19.1. The summed E-state index contributed by atoms with van der Waals surface area (Å²) in [5.74, 6) is -0.187. The number of hydrogen-bond acceptors (Lipinski definition) is 3. The molecule has 3 N–H and O–H groups in total. The zero-order valence-corrected chi connectivity index (χ0v) is 19.0. The van der Waals surface area contributed by atoms with Gasteiger partial charge in [0, 0.05) is 38.3 Å². The SMILES string of the molecule is CCNC(=NCCNC(=O)c1ccccc1F)NC1CCN(Cc2ccccc2)C(C)C1. The summed E-state index contributed by atoms with van der Waals surface area (Å²) in [4.78, 5) is 19.2. The van der Waals surface area contributed by atoms with Crippen LogP contribution in [-0.4, -0.2) is 55.0 Å². The smallest absolute Gasteiger partial charge is 0.254 e. The molecule has 1 aliphatic rings. The van der Waals surface area contributed by atoms with Crippen molar-refractivity contribution < 1.29 is 9.18 Å². The van der Waals surface area contributed by atoms with Crippen LogP contribution < -0.4 is 16.0 Å². The molecule has 172 valence electrons. The van der Waals surface area contributed by atoms with Gasteiger partial charge < -0.3 is 16.0 Å². The molecule has 2 unspecified atom stereocenters. The number of carbonyl (C=O) groups is 1. The maximum Gasteiger partial charge on any atom is 0.254 e. The van der Waals surface area contributed by atoms with Gasteiger partial charge in [0.2, 0.25) is 0 Å². The Morgan fingerprint density at radius 2 is 1.88 bits per heavy atom. The minimum Gasteiger partial charge on any atom is -0.357 e. The number of hydrogen-bond donors (Lipinski definition) is 3. The Labute approximate surface area is 190 Å². The molecule has 2 aromatic rings. The molecule has 2 atom stereocenters. The Morgan fingerprint density at radius 1 is 1.12 bits per heavy atom. The van der Waals surface area contributed by atoms with E-state index in [1.54, 1.807) is 12.1 Å². The van der Waals surface area contributed by atoms with E-state index in [1.165, 1.54) is 17.7 Å². The lowest BCUT2D eigenvalue weighted by Crippen LogP contribution is -2.51. The van der Waals surface area contributed by atoms with Crippen LogP contribution >= 0.6 is 0 Å². The summed E-state index contributed by atoms with van der Waals surface area (Å²) in [6, 6.07) is 17.4. The molecule has 6 nitrogen and oxygen atoms in total. The first kappa shape index (κ1) is 23.7. The lowest BCUT2D eigenvalue weighted by atomic mass is 9.97. The predicted molar refractivity (Wildman–Crippen MR) is 127 cm³/mol. The van der Waals surface area contributed by atoms with E-state index in [-0.39, 0.29) is 5.56 Å². The number of guanidine groups is 1. The Hall–Kier alpha value is -2.93. The van der Waals surface area contributed by atoms with Crippen molar-refractivity contribution in [2.75, 3.05) is 26.2 Å². The molecule has 32 heavy (non-hydrogen) atoms. The highest BCUT2D eigenvalue weighted by Crippen LogP contribution is 2.19. The average Bonchev–Trinajstić information content (AvgIpc) is 2.79. The van der Waals surface area contributed by atoms with Gasteiger partial charge >= 0.3 is 0 Å². The average molecular weight is 440 g/mol. The number of benzene rings is 2. The summed E-state index contributed by atoms with van der Waals surface area (Å²) < 4.78 is 13.7. The molecule has 0 radical (unpaired) electrons. The fraction of sp³-hybridized carbons (Fsp3) is 0.440. The number of nitrogens with one attached hydrogen (secondary N) is 3. The zero-order valence-electron chi connectivity index (χ0n) is 19.0. The van der Waals surface area contributed by atoms with Crippen LogP contribution in [0.15, 0.2) is 59.6 Å². The van der Waals surface area contributed by atoms with Crippen LogP contribution in [0.1, 0.15) is 42.6 Å². The highest BCUT2D eigenvalue weighted by molar-refractivity contribution is 5.94. The molecule has 0 bridgehead atoms. The van der Waals surface area contributed by atoms with Crippen molar-refractivity contribution in [3.8, 4) is 0 Å². The Bertz CT molecular complexity index is 889. The van der Waals surface area contributed by atoms with Gasteiger partial charge in [0.1, 0.15) is 5.82 Å². The summed E-state index contributed by atoms with van der Waals surface area (Å²) in [6.07, 6.45) is 2.09. The van der Waals surface area contributed by atoms with Crippen molar-refractivity contribution in [3.63, 3.8) is 0 Å². The van der Waals surface area contributed by atoms with Gasteiger partial charge in [-0.1, -0.05) is 42.5 Å². The lowest BCUT2D eigenvalue weighted by molar-refractivity contribution is 0.0950. The lowest BCUT2D eigenvalue weighted by Gasteiger charge is -2.38. The standard InChI is InChI=1S/C25H34FN5O/c1-3-27-25(29-15-14-28-24(32)22-11-7-8-12-23(22)26)30-21-13-16-31(19(2)17-21)18-20-9-5-4-6-10-20/h4-12,19,21H,3,13-18H2,1-2H3,(H,28,32)(H2,27,29,30). The third kappa shape index (κ3) is 7.05. The summed E-state index contributed by atoms with van der Waals surface area (Å²) in [6.45, 7) is 7.83.